The molecule has 1 aromatic heterocycles. The number of amides is 1. The van der Waals surface area contributed by atoms with Crippen molar-refractivity contribution in [1.29, 1.82) is 5.26 Å². The Labute approximate surface area is 129 Å². The maximum atomic E-state index is 12.3. The van der Waals surface area contributed by atoms with Crippen LogP contribution in [0.1, 0.15) is 17.0 Å². The van der Waals surface area contributed by atoms with Gasteiger partial charge in [-0.1, -0.05) is 0 Å². The summed E-state index contributed by atoms with van der Waals surface area (Å²) in [6, 6.07) is 5.14. The Hall–Kier alpha value is -1.89. The second-order valence-corrected chi connectivity index (χ2v) is 6.94. The van der Waals surface area contributed by atoms with Crippen LogP contribution in [0.15, 0.2) is 22.8 Å². The standard InChI is InChI=1S/C13H18N4O4S/c1-15(6-3-5-14)22(19,20)17-9-7-16(8-10-17)13(18)12-4-2-11-21-12/h2,4,11H,3,6-10H2,1H3. The minimum absolute atomic E-state index is 0.146. The molecule has 0 unspecified atom stereocenters. The lowest BCUT2D eigenvalue weighted by Gasteiger charge is -2.35. The molecule has 120 valence electrons. The van der Waals surface area contributed by atoms with Gasteiger partial charge in [0.1, 0.15) is 0 Å². The quantitative estimate of drug-likeness (QED) is 0.766. The maximum absolute atomic E-state index is 12.3. The summed E-state index contributed by atoms with van der Waals surface area (Å²) < 4.78 is 32.2. The molecule has 0 aliphatic carbocycles. The van der Waals surface area contributed by atoms with Crippen molar-refractivity contribution in [3.8, 4) is 6.07 Å². The second-order valence-electron chi connectivity index (χ2n) is 4.91. The summed E-state index contributed by atoms with van der Waals surface area (Å²) in [6.45, 7) is 1.23. The molecule has 0 saturated carbocycles. The fourth-order valence-electron chi connectivity index (χ4n) is 2.20. The van der Waals surface area contributed by atoms with Gasteiger partial charge < -0.3 is 9.32 Å². The summed E-state index contributed by atoms with van der Waals surface area (Å²) in [6.07, 6.45) is 1.57. The first-order valence-electron chi connectivity index (χ1n) is 6.88. The van der Waals surface area contributed by atoms with Crippen molar-refractivity contribution in [3.63, 3.8) is 0 Å². The maximum Gasteiger partial charge on any atom is 0.289 e. The number of nitriles is 1. The van der Waals surface area contributed by atoms with E-state index in [1.807, 2.05) is 6.07 Å². The topological polar surface area (TPSA) is 97.9 Å². The zero-order valence-electron chi connectivity index (χ0n) is 12.3. The molecule has 8 nitrogen and oxygen atoms in total. The van der Waals surface area contributed by atoms with Crippen LogP contribution in [0.4, 0.5) is 0 Å². The van der Waals surface area contributed by atoms with Gasteiger partial charge in [0.25, 0.3) is 16.1 Å². The van der Waals surface area contributed by atoms with E-state index in [4.69, 9.17) is 9.68 Å². The zero-order chi connectivity index (χ0) is 16.2. The van der Waals surface area contributed by atoms with Crippen molar-refractivity contribution >= 4 is 16.1 Å². The lowest BCUT2D eigenvalue weighted by Crippen LogP contribution is -2.53. The average molecular weight is 326 g/mol. The molecule has 0 atom stereocenters. The smallest absolute Gasteiger partial charge is 0.289 e. The van der Waals surface area contributed by atoms with Crippen LogP contribution in [0.5, 0.6) is 0 Å². The largest absolute Gasteiger partial charge is 0.459 e. The zero-order valence-corrected chi connectivity index (χ0v) is 13.1. The molecule has 1 saturated heterocycles. The lowest BCUT2D eigenvalue weighted by atomic mass is 10.3. The van der Waals surface area contributed by atoms with Gasteiger partial charge in [0, 0.05) is 46.2 Å². The van der Waals surface area contributed by atoms with E-state index in [1.165, 1.54) is 21.9 Å². The fourth-order valence-corrected chi connectivity index (χ4v) is 3.54. The highest BCUT2D eigenvalue weighted by Crippen LogP contribution is 2.14. The van der Waals surface area contributed by atoms with E-state index in [-0.39, 0.29) is 37.7 Å². The van der Waals surface area contributed by atoms with Gasteiger partial charge in [-0.05, 0) is 12.1 Å². The summed E-state index contributed by atoms with van der Waals surface area (Å²) in [4.78, 5) is 13.7. The number of carbonyl (C=O) groups excluding carboxylic acids is 1. The molecule has 22 heavy (non-hydrogen) atoms. The Morgan fingerprint density at radius 3 is 2.64 bits per heavy atom. The lowest BCUT2D eigenvalue weighted by molar-refractivity contribution is 0.0663. The van der Waals surface area contributed by atoms with Crippen molar-refractivity contribution in [1.82, 2.24) is 13.5 Å². The molecule has 0 radical (unpaired) electrons. The molecular weight excluding hydrogens is 308 g/mol. The normalized spacial score (nSPS) is 16.7. The molecule has 0 spiro atoms. The summed E-state index contributed by atoms with van der Waals surface area (Å²) in [5.74, 6) is 0.0160. The van der Waals surface area contributed by atoms with Crippen LogP contribution < -0.4 is 0 Å². The number of hydrogen-bond donors (Lipinski definition) is 0. The number of hydrogen-bond acceptors (Lipinski definition) is 5. The van der Waals surface area contributed by atoms with Crippen molar-refractivity contribution in [2.45, 2.75) is 6.42 Å². The van der Waals surface area contributed by atoms with Gasteiger partial charge in [-0.25, -0.2) is 0 Å². The first-order valence-corrected chi connectivity index (χ1v) is 8.27. The average Bonchev–Trinajstić information content (AvgIpc) is 3.06. The van der Waals surface area contributed by atoms with Crippen LogP contribution in [0, 0.1) is 11.3 Å². The predicted molar refractivity (Wildman–Crippen MR) is 78.0 cm³/mol. The number of furan rings is 1. The SMILES string of the molecule is CN(CCC#N)S(=O)(=O)N1CCN(C(=O)c2ccco2)CC1. The third-order valence-corrected chi connectivity index (χ3v) is 5.50. The Bertz CT molecular complexity index is 642. The van der Waals surface area contributed by atoms with E-state index in [0.717, 1.165) is 0 Å². The molecule has 1 fully saturated rings. The Balaban J connectivity index is 1.94. The van der Waals surface area contributed by atoms with E-state index in [0.29, 0.717) is 13.1 Å². The van der Waals surface area contributed by atoms with Gasteiger partial charge in [-0.3, -0.25) is 4.79 Å². The molecule has 1 amide bonds. The third kappa shape index (κ3) is 3.47. The molecule has 9 heteroatoms. The molecule has 1 aliphatic heterocycles. The molecule has 0 bridgehead atoms. The Morgan fingerprint density at radius 2 is 2.09 bits per heavy atom. The summed E-state index contributed by atoms with van der Waals surface area (Å²) in [5, 5.41) is 8.54. The molecule has 2 heterocycles. The predicted octanol–water partition coefficient (Wildman–Crippen LogP) is 0.128. The van der Waals surface area contributed by atoms with E-state index >= 15 is 0 Å². The van der Waals surface area contributed by atoms with Crippen molar-refractivity contribution in [2.75, 3.05) is 39.8 Å². The molecule has 1 aliphatic rings. The number of piperazine rings is 1. The third-order valence-electron chi connectivity index (χ3n) is 3.52. The fraction of sp³-hybridized carbons (Fsp3) is 0.538. The second kappa shape index (κ2) is 6.91. The van der Waals surface area contributed by atoms with E-state index in [2.05, 4.69) is 0 Å². The molecular formula is C13H18N4O4S. The highest BCUT2D eigenvalue weighted by atomic mass is 32.2. The van der Waals surface area contributed by atoms with Crippen molar-refractivity contribution in [2.24, 2.45) is 0 Å². The van der Waals surface area contributed by atoms with E-state index in [9.17, 15) is 13.2 Å². The minimum Gasteiger partial charge on any atom is -0.459 e. The van der Waals surface area contributed by atoms with Crippen LogP contribution in [-0.2, 0) is 10.2 Å². The Morgan fingerprint density at radius 1 is 1.41 bits per heavy atom. The van der Waals surface area contributed by atoms with Gasteiger partial charge in [-0.2, -0.15) is 22.3 Å². The summed E-state index contributed by atoms with van der Waals surface area (Å²) in [7, 11) is -2.13. The molecule has 2 rings (SSSR count). The van der Waals surface area contributed by atoms with Crippen LogP contribution in [0.3, 0.4) is 0 Å². The van der Waals surface area contributed by atoms with E-state index < -0.39 is 10.2 Å². The van der Waals surface area contributed by atoms with Gasteiger partial charge >= 0.3 is 0 Å². The van der Waals surface area contributed by atoms with Crippen LogP contribution in [0.2, 0.25) is 0 Å². The van der Waals surface area contributed by atoms with Crippen LogP contribution >= 0.6 is 0 Å². The first kappa shape index (κ1) is 16.5. The monoisotopic (exact) mass is 326 g/mol. The molecule has 1 aromatic rings. The van der Waals surface area contributed by atoms with E-state index in [1.54, 1.807) is 17.0 Å². The number of rotatable bonds is 5. The minimum atomic E-state index is -3.58. The van der Waals surface area contributed by atoms with Crippen LogP contribution in [-0.4, -0.2) is 67.6 Å². The van der Waals surface area contributed by atoms with Gasteiger partial charge in [0.2, 0.25) is 0 Å². The Kier molecular flexibility index (Phi) is 5.18. The summed E-state index contributed by atoms with van der Waals surface area (Å²) in [5.41, 5.74) is 0. The molecule has 0 aromatic carbocycles. The van der Waals surface area contributed by atoms with Crippen molar-refractivity contribution in [3.05, 3.63) is 24.2 Å². The highest BCUT2D eigenvalue weighted by Gasteiger charge is 2.32. The van der Waals surface area contributed by atoms with Crippen LogP contribution in [0.25, 0.3) is 0 Å². The number of nitrogens with zero attached hydrogens (tertiary/aromatic N) is 4. The van der Waals surface area contributed by atoms with Gasteiger partial charge in [-0.15, -0.1) is 0 Å². The van der Waals surface area contributed by atoms with Gasteiger partial charge in [0.05, 0.1) is 12.3 Å². The first-order chi connectivity index (χ1) is 10.5. The molecule has 0 N–H and O–H groups in total. The van der Waals surface area contributed by atoms with Gasteiger partial charge in [0.15, 0.2) is 5.76 Å². The summed E-state index contributed by atoms with van der Waals surface area (Å²) >= 11 is 0. The van der Waals surface area contributed by atoms with Crippen molar-refractivity contribution < 1.29 is 17.6 Å². The highest BCUT2D eigenvalue weighted by molar-refractivity contribution is 7.86. The number of carbonyl (C=O) groups is 1.